The number of amides is 2. The number of rotatable bonds is 4. The highest BCUT2D eigenvalue weighted by molar-refractivity contribution is 6.30. The molecular formula is C19H16ClN3O. The molecular weight excluding hydrogens is 322 g/mol. The van der Waals surface area contributed by atoms with Gasteiger partial charge in [0.15, 0.2) is 0 Å². The first kappa shape index (κ1) is 15.9. The third-order valence-corrected chi connectivity index (χ3v) is 3.54. The largest absolute Gasteiger partial charge is 0.355 e. The molecule has 2 amide bonds. The van der Waals surface area contributed by atoms with Crippen LogP contribution in [0, 0.1) is 0 Å². The van der Waals surface area contributed by atoms with E-state index in [4.69, 9.17) is 11.6 Å². The number of hydrogen-bond acceptors (Lipinski definition) is 2. The van der Waals surface area contributed by atoms with Gasteiger partial charge in [0.2, 0.25) is 0 Å². The van der Waals surface area contributed by atoms with Crippen LogP contribution in [0.1, 0.15) is 0 Å². The average molecular weight is 338 g/mol. The number of nitrogens with one attached hydrogen (secondary N) is 3. The van der Waals surface area contributed by atoms with Crippen LogP contribution >= 0.6 is 11.6 Å². The summed E-state index contributed by atoms with van der Waals surface area (Å²) >= 11 is 5.83. The maximum atomic E-state index is 12.1. The van der Waals surface area contributed by atoms with Crippen molar-refractivity contribution in [3.63, 3.8) is 0 Å². The first-order valence-electron chi connectivity index (χ1n) is 7.45. The molecule has 5 heteroatoms. The molecule has 0 aliphatic heterocycles. The van der Waals surface area contributed by atoms with Gasteiger partial charge in [-0.15, -0.1) is 0 Å². The molecule has 3 N–H and O–H groups in total. The third kappa shape index (κ3) is 4.51. The zero-order chi connectivity index (χ0) is 16.8. The Morgan fingerprint density at radius 3 is 2.04 bits per heavy atom. The van der Waals surface area contributed by atoms with Crippen molar-refractivity contribution in [2.45, 2.75) is 0 Å². The van der Waals surface area contributed by atoms with Gasteiger partial charge in [-0.3, -0.25) is 0 Å². The summed E-state index contributed by atoms with van der Waals surface area (Å²) in [5.41, 5.74) is 3.25. The van der Waals surface area contributed by atoms with Crippen LogP contribution in [0.5, 0.6) is 0 Å². The minimum absolute atomic E-state index is 0.311. The molecule has 0 fully saturated rings. The van der Waals surface area contributed by atoms with Crippen LogP contribution in [0.25, 0.3) is 0 Å². The number of carbonyl (C=O) groups excluding carboxylic acids is 1. The molecule has 0 aliphatic carbocycles. The molecule has 24 heavy (non-hydrogen) atoms. The predicted molar refractivity (Wildman–Crippen MR) is 100 cm³/mol. The van der Waals surface area contributed by atoms with Gasteiger partial charge >= 0.3 is 6.03 Å². The van der Waals surface area contributed by atoms with Crippen LogP contribution < -0.4 is 16.0 Å². The Labute approximate surface area is 145 Å². The topological polar surface area (TPSA) is 53.2 Å². The summed E-state index contributed by atoms with van der Waals surface area (Å²) in [4.78, 5) is 12.1. The van der Waals surface area contributed by atoms with E-state index in [1.807, 2.05) is 54.6 Å². The quantitative estimate of drug-likeness (QED) is 0.569. The molecule has 3 rings (SSSR count). The number of benzene rings is 3. The minimum Gasteiger partial charge on any atom is -0.355 e. The van der Waals surface area contributed by atoms with E-state index in [9.17, 15) is 4.79 Å². The molecule has 4 nitrogen and oxygen atoms in total. The van der Waals surface area contributed by atoms with Crippen LogP contribution in [-0.2, 0) is 0 Å². The smallest absolute Gasteiger partial charge is 0.323 e. The van der Waals surface area contributed by atoms with E-state index in [1.54, 1.807) is 24.3 Å². The van der Waals surface area contributed by atoms with Crippen molar-refractivity contribution < 1.29 is 4.79 Å². The number of halogens is 1. The highest BCUT2D eigenvalue weighted by Gasteiger charge is 2.03. The highest BCUT2D eigenvalue weighted by atomic mass is 35.5. The van der Waals surface area contributed by atoms with E-state index in [1.165, 1.54) is 0 Å². The lowest BCUT2D eigenvalue weighted by Crippen LogP contribution is -2.19. The molecule has 0 aliphatic rings. The van der Waals surface area contributed by atoms with Gasteiger partial charge < -0.3 is 16.0 Å². The van der Waals surface area contributed by atoms with Crippen molar-refractivity contribution in [3.8, 4) is 0 Å². The number of anilines is 4. The molecule has 0 heterocycles. The summed E-state index contributed by atoms with van der Waals surface area (Å²) in [7, 11) is 0. The van der Waals surface area contributed by atoms with Crippen molar-refractivity contribution >= 4 is 40.4 Å². The molecule has 3 aromatic rings. The first-order valence-corrected chi connectivity index (χ1v) is 7.82. The molecule has 0 radical (unpaired) electrons. The minimum atomic E-state index is -0.311. The van der Waals surface area contributed by atoms with Gasteiger partial charge in [-0.25, -0.2) is 4.79 Å². The van der Waals surface area contributed by atoms with Crippen LogP contribution in [-0.4, -0.2) is 6.03 Å². The maximum absolute atomic E-state index is 12.1. The third-order valence-electron chi connectivity index (χ3n) is 3.28. The van der Waals surface area contributed by atoms with Crippen LogP contribution in [0.3, 0.4) is 0 Å². The SMILES string of the molecule is O=C(Nc1ccc(Cl)cc1)Nc1cccc(Nc2ccccc2)c1. The lowest BCUT2D eigenvalue weighted by Gasteiger charge is -2.10. The second-order valence-corrected chi connectivity index (χ2v) is 5.59. The summed E-state index contributed by atoms with van der Waals surface area (Å²) in [6, 6.07) is 24.0. The number of hydrogen-bond donors (Lipinski definition) is 3. The molecule has 0 atom stereocenters. The Kier molecular flexibility index (Phi) is 4.99. The number of para-hydroxylation sites is 1. The fourth-order valence-corrected chi connectivity index (χ4v) is 2.32. The zero-order valence-corrected chi connectivity index (χ0v) is 13.5. The Balaban J connectivity index is 1.63. The predicted octanol–water partition coefficient (Wildman–Crippen LogP) is 5.73. The Bertz CT molecular complexity index is 820. The molecule has 0 saturated carbocycles. The van der Waals surface area contributed by atoms with Gasteiger partial charge in [0.25, 0.3) is 0 Å². The van der Waals surface area contributed by atoms with Crippen molar-refractivity contribution in [1.82, 2.24) is 0 Å². The Morgan fingerprint density at radius 2 is 1.29 bits per heavy atom. The maximum Gasteiger partial charge on any atom is 0.323 e. The Morgan fingerprint density at radius 1 is 0.667 bits per heavy atom. The van der Waals surface area contributed by atoms with Gasteiger partial charge in [0.05, 0.1) is 0 Å². The molecule has 0 unspecified atom stereocenters. The van der Waals surface area contributed by atoms with Gasteiger partial charge in [0.1, 0.15) is 0 Å². The lowest BCUT2D eigenvalue weighted by atomic mass is 10.2. The van der Waals surface area contributed by atoms with Crippen LogP contribution in [0.15, 0.2) is 78.9 Å². The number of carbonyl (C=O) groups is 1. The van der Waals surface area contributed by atoms with E-state index in [0.29, 0.717) is 16.4 Å². The first-order chi connectivity index (χ1) is 11.7. The standard InChI is InChI=1S/C19H16ClN3O/c20-14-9-11-16(12-10-14)22-19(24)23-18-8-4-7-17(13-18)21-15-5-2-1-3-6-15/h1-13,21H,(H2,22,23,24). The zero-order valence-electron chi connectivity index (χ0n) is 12.8. The van der Waals surface area contributed by atoms with E-state index in [2.05, 4.69) is 16.0 Å². The normalized spacial score (nSPS) is 10.0. The van der Waals surface area contributed by atoms with E-state index in [-0.39, 0.29) is 6.03 Å². The summed E-state index contributed by atoms with van der Waals surface area (Å²) in [6.07, 6.45) is 0. The lowest BCUT2D eigenvalue weighted by molar-refractivity contribution is 0.262. The van der Waals surface area contributed by atoms with Gasteiger partial charge in [-0.1, -0.05) is 35.9 Å². The molecule has 0 aromatic heterocycles. The summed E-state index contributed by atoms with van der Waals surface area (Å²) in [5.74, 6) is 0. The van der Waals surface area contributed by atoms with Crippen LogP contribution in [0.4, 0.5) is 27.5 Å². The highest BCUT2D eigenvalue weighted by Crippen LogP contribution is 2.20. The molecule has 3 aromatic carbocycles. The Hall–Kier alpha value is -2.98. The molecule has 0 bridgehead atoms. The molecule has 0 spiro atoms. The van der Waals surface area contributed by atoms with Crippen LogP contribution in [0.2, 0.25) is 5.02 Å². The monoisotopic (exact) mass is 337 g/mol. The van der Waals surface area contributed by atoms with Crippen molar-refractivity contribution in [1.29, 1.82) is 0 Å². The second-order valence-electron chi connectivity index (χ2n) is 5.16. The summed E-state index contributed by atoms with van der Waals surface area (Å²) < 4.78 is 0. The average Bonchev–Trinajstić information content (AvgIpc) is 2.58. The summed E-state index contributed by atoms with van der Waals surface area (Å²) in [5, 5.41) is 9.48. The second kappa shape index (κ2) is 7.53. The van der Waals surface area contributed by atoms with Gasteiger partial charge in [-0.05, 0) is 54.6 Å². The van der Waals surface area contributed by atoms with Crippen molar-refractivity contribution in [3.05, 3.63) is 83.9 Å². The molecule has 120 valence electrons. The van der Waals surface area contributed by atoms with E-state index >= 15 is 0 Å². The van der Waals surface area contributed by atoms with Crippen molar-refractivity contribution in [2.24, 2.45) is 0 Å². The van der Waals surface area contributed by atoms with E-state index < -0.39 is 0 Å². The van der Waals surface area contributed by atoms with Gasteiger partial charge in [0, 0.05) is 27.8 Å². The van der Waals surface area contributed by atoms with Crippen molar-refractivity contribution in [2.75, 3.05) is 16.0 Å². The molecule has 0 saturated heterocycles. The van der Waals surface area contributed by atoms with Gasteiger partial charge in [-0.2, -0.15) is 0 Å². The number of urea groups is 1. The van der Waals surface area contributed by atoms with E-state index in [0.717, 1.165) is 11.4 Å². The fraction of sp³-hybridized carbons (Fsp3) is 0. The fourth-order valence-electron chi connectivity index (χ4n) is 2.19. The summed E-state index contributed by atoms with van der Waals surface area (Å²) in [6.45, 7) is 0.